The molecule has 1 unspecified atom stereocenters. The van der Waals surface area contributed by atoms with Gasteiger partial charge in [-0.1, -0.05) is 0 Å². The van der Waals surface area contributed by atoms with Crippen molar-refractivity contribution in [2.45, 2.75) is 71.9 Å². The number of hydrogen-bond acceptors (Lipinski definition) is 27. The Balaban J connectivity index is 0.000000126. The summed E-state index contributed by atoms with van der Waals surface area (Å²) in [6.45, 7) is -6.51. The summed E-state index contributed by atoms with van der Waals surface area (Å²) in [7, 11) is 0. The first-order valence-electron chi connectivity index (χ1n) is 34.0. The lowest BCUT2D eigenvalue weighted by molar-refractivity contribution is -0.141. The number of alkyl halides is 6. The molecule has 570 valence electrons. The number of fused-ring (bicyclic) bond motifs is 6. The number of nitrogens with one attached hydrogen (secondary N) is 6. The van der Waals surface area contributed by atoms with Gasteiger partial charge in [-0.2, -0.15) is 56.9 Å². The van der Waals surface area contributed by atoms with Gasteiger partial charge in [-0.15, -0.1) is 35.3 Å². The van der Waals surface area contributed by atoms with Crippen LogP contribution in [0.25, 0.3) is 50.7 Å². The molecule has 0 bridgehead atoms. The van der Waals surface area contributed by atoms with Gasteiger partial charge >= 0.3 is 37.7 Å². The number of aromatic nitrogens is 15. The Morgan fingerprint density at radius 3 is 1.02 bits per heavy atom. The molecule has 0 spiro atoms. The first kappa shape index (κ1) is 72.6. The molecule has 12 aromatic rings. The summed E-state index contributed by atoms with van der Waals surface area (Å²) in [5.74, 6) is -0.978. The maximum Gasteiger partial charge on any atom is 0.387 e. The van der Waals surface area contributed by atoms with Crippen molar-refractivity contribution in [2.24, 2.45) is 0 Å². The number of halogens is 6. The van der Waals surface area contributed by atoms with E-state index in [-0.39, 0.29) is 105 Å². The van der Waals surface area contributed by atoms with E-state index in [4.69, 9.17) is 28.4 Å². The molecule has 0 radical (unpaired) electrons. The molecule has 3 amide bonds. The monoisotopic (exact) mass is 1580 g/mol. The molecule has 0 aliphatic carbocycles. The molecule has 111 heavy (non-hydrogen) atoms. The average Bonchev–Trinajstić information content (AvgIpc) is 1.67. The number of carbonyl (C=O) groups excluding carboxylic acids is 6. The van der Waals surface area contributed by atoms with Crippen LogP contribution in [-0.4, -0.2) is 185 Å². The lowest BCUT2D eigenvalue weighted by atomic mass is 10.1. The number of amides is 3. The Hall–Kier alpha value is -12.6. The summed E-state index contributed by atoms with van der Waals surface area (Å²) in [6.07, 6.45) is 19.3. The number of ether oxygens (including phenoxy) is 6. The van der Waals surface area contributed by atoms with Crippen molar-refractivity contribution in [3.8, 4) is 51.0 Å². The Morgan fingerprint density at radius 1 is 0.450 bits per heavy atom. The van der Waals surface area contributed by atoms with Gasteiger partial charge in [-0.25, -0.2) is 42.9 Å². The zero-order valence-electron chi connectivity index (χ0n) is 57.2. The van der Waals surface area contributed by atoms with Crippen LogP contribution in [-0.2, 0) is 28.6 Å². The Morgan fingerprint density at radius 2 is 0.748 bits per heavy atom. The van der Waals surface area contributed by atoms with Crippen LogP contribution < -0.4 is 46.1 Å². The maximum atomic E-state index is 13.4. The summed E-state index contributed by atoms with van der Waals surface area (Å²) in [5, 5.41) is 43.9. The van der Waals surface area contributed by atoms with Gasteiger partial charge in [0.2, 0.25) is 0 Å². The van der Waals surface area contributed by atoms with Crippen molar-refractivity contribution < 1.29 is 83.5 Å². The van der Waals surface area contributed by atoms with Crippen LogP contribution in [0.1, 0.15) is 68.5 Å². The molecule has 42 heteroatoms. The zero-order chi connectivity index (χ0) is 76.6. The first-order chi connectivity index (χ1) is 53.9. The predicted octanol–water partition coefficient (Wildman–Crippen LogP) is 10.4. The smallest absolute Gasteiger partial charge is 0.387 e. The second-order valence-corrected chi connectivity index (χ2v) is 28.1. The van der Waals surface area contributed by atoms with E-state index in [1.54, 1.807) is 90.3 Å². The highest BCUT2D eigenvalue weighted by Gasteiger charge is 2.36. The van der Waals surface area contributed by atoms with E-state index in [1.165, 1.54) is 102 Å². The van der Waals surface area contributed by atoms with Gasteiger partial charge in [0.25, 0.3) is 17.7 Å². The molecule has 18 rings (SSSR count). The second kappa shape index (κ2) is 31.2. The number of rotatable bonds is 18. The minimum Gasteiger partial charge on any atom is -0.464 e. The van der Waals surface area contributed by atoms with E-state index in [2.05, 4.69) is 77.4 Å². The normalized spacial score (nSPS) is 16.9. The zero-order valence-corrected chi connectivity index (χ0v) is 59.6. The summed E-state index contributed by atoms with van der Waals surface area (Å²) >= 11 is 4.67. The van der Waals surface area contributed by atoms with E-state index in [0.717, 1.165) is 31.9 Å². The lowest BCUT2D eigenvalue weighted by Crippen LogP contribution is -2.15. The van der Waals surface area contributed by atoms with Crippen LogP contribution in [0.3, 0.4) is 0 Å². The summed E-state index contributed by atoms with van der Waals surface area (Å²) in [4.78, 5) is 91.7. The molecular weight excluding hydrogens is 1530 g/mol. The molecule has 6 aliphatic heterocycles. The number of nitrogens with zero attached hydrogens (tertiary/aromatic N) is 15. The molecule has 3 aromatic carbocycles. The minimum atomic E-state index is -3.08. The van der Waals surface area contributed by atoms with Crippen molar-refractivity contribution in [1.29, 1.82) is 0 Å². The van der Waals surface area contributed by atoms with Gasteiger partial charge < -0.3 is 60.3 Å². The number of anilines is 6. The van der Waals surface area contributed by atoms with E-state index in [0.29, 0.717) is 72.9 Å². The Bertz CT molecular complexity index is 5100. The SMILES string of the molecule is O=C(Nc1cn(C2CCOC2=O)nc1-c1cc2c(cc1OC(F)F)NCCS2)c1cnn2cccnc12.O=C(Nc1cn([C@@H]2CCOC2=O)nc1-c1cc2c(cc1OC(F)F)NCCS2)c1cnn2cccnc12.O=C(Nc1cn([C@H]2CCOC2=O)nc1-c1cc2c(cc1OC(F)F)NCCS2)c1cnn2cccnc12. The highest BCUT2D eigenvalue weighted by Crippen LogP contribution is 2.48. The van der Waals surface area contributed by atoms with Gasteiger partial charge in [-0.05, 0) is 36.4 Å². The highest BCUT2D eigenvalue weighted by atomic mass is 32.2. The summed E-state index contributed by atoms with van der Waals surface area (Å²) in [6, 6.07) is 12.4. The van der Waals surface area contributed by atoms with Crippen molar-refractivity contribution in [2.75, 3.05) is 88.6 Å². The standard InChI is InChI=1S/3C23H19F2N7O4S/c3*24-23(25)36-17-9-14-18(37-7-4-26-14)8-12(17)19-15(11-32(30-19)16-2-6-35-22(16)34)29-21(33)13-10-28-31-5-1-3-27-20(13)31/h3*1,3,5,8-11,16,23,26H,2,4,6-7H2,(H,29,33)/t2*16-;/m10./s1. The number of benzene rings is 3. The minimum absolute atomic E-state index is 0.115. The molecular formula is C69H57F6N21O12S3. The van der Waals surface area contributed by atoms with Crippen molar-refractivity contribution in [3.05, 3.63) is 146 Å². The largest absolute Gasteiger partial charge is 0.464 e. The highest BCUT2D eigenvalue weighted by molar-refractivity contribution is 8.00. The van der Waals surface area contributed by atoms with Crippen molar-refractivity contribution in [3.63, 3.8) is 0 Å². The fourth-order valence-electron chi connectivity index (χ4n) is 12.9. The van der Waals surface area contributed by atoms with E-state index < -0.39 is 73.6 Å². The number of esters is 3. The number of thioether (sulfide) groups is 3. The van der Waals surface area contributed by atoms with Crippen LogP contribution in [0.2, 0.25) is 0 Å². The third kappa shape index (κ3) is 15.1. The predicted molar refractivity (Wildman–Crippen MR) is 387 cm³/mol. The number of hydrogen-bond donors (Lipinski definition) is 6. The van der Waals surface area contributed by atoms with E-state index in [9.17, 15) is 55.1 Å². The number of carbonyl (C=O) groups is 6. The van der Waals surface area contributed by atoms with Crippen LogP contribution in [0.15, 0.2) is 144 Å². The van der Waals surface area contributed by atoms with Gasteiger partial charge in [-0.3, -0.25) is 28.4 Å². The molecule has 6 N–H and O–H groups in total. The van der Waals surface area contributed by atoms with Crippen molar-refractivity contribution in [1.82, 2.24) is 73.1 Å². The van der Waals surface area contributed by atoms with Crippen molar-refractivity contribution >= 4 is 122 Å². The molecule has 0 saturated carbocycles. The van der Waals surface area contributed by atoms with Crippen LogP contribution in [0.5, 0.6) is 17.2 Å². The van der Waals surface area contributed by atoms with E-state index >= 15 is 0 Å². The third-order valence-electron chi connectivity index (χ3n) is 17.9. The molecule has 3 saturated heterocycles. The molecule has 33 nitrogen and oxygen atoms in total. The van der Waals surface area contributed by atoms with Gasteiger partial charge in [0.15, 0.2) is 35.1 Å². The van der Waals surface area contributed by atoms with Gasteiger partial charge in [0.05, 0.1) is 91.1 Å². The maximum absolute atomic E-state index is 13.4. The fraction of sp³-hybridized carbons (Fsp3) is 0.261. The Kier molecular flexibility index (Phi) is 20.4. The topological polar surface area (TPSA) is 374 Å². The molecule has 15 heterocycles. The first-order valence-corrected chi connectivity index (χ1v) is 37.0. The fourth-order valence-corrected chi connectivity index (χ4v) is 15.6. The lowest BCUT2D eigenvalue weighted by Gasteiger charge is -2.20. The molecule has 3 atom stereocenters. The van der Waals surface area contributed by atoms with Crippen LogP contribution >= 0.6 is 35.3 Å². The summed E-state index contributed by atoms with van der Waals surface area (Å²) in [5.41, 5.74) is 5.46. The molecule has 6 aliphatic rings. The second-order valence-electron chi connectivity index (χ2n) is 24.7. The van der Waals surface area contributed by atoms with Crippen LogP contribution in [0.4, 0.5) is 60.5 Å². The number of cyclic esters (lactones) is 3. The quantitative estimate of drug-likeness (QED) is 0.0264. The third-order valence-corrected chi connectivity index (χ3v) is 21.0. The van der Waals surface area contributed by atoms with Gasteiger partial charge in [0, 0.05) is 143 Å². The molecule has 3 fully saturated rings. The Labute approximate surface area is 632 Å². The van der Waals surface area contributed by atoms with Crippen LogP contribution in [0, 0.1) is 0 Å². The summed E-state index contributed by atoms with van der Waals surface area (Å²) < 4.78 is 119. The molecule has 9 aromatic heterocycles. The van der Waals surface area contributed by atoms with E-state index in [1.807, 2.05) is 0 Å². The average molecular weight is 1580 g/mol. The van der Waals surface area contributed by atoms with Gasteiger partial charge in [0.1, 0.15) is 51.0 Å².